The number of ether oxygens (including phenoxy) is 1. The Balaban J connectivity index is 1.66. The van der Waals surface area contributed by atoms with E-state index in [4.69, 9.17) is 10.00 Å². The average Bonchev–Trinajstić information content (AvgIpc) is 3.27. The molecule has 0 aliphatic carbocycles. The van der Waals surface area contributed by atoms with Crippen LogP contribution in [0, 0.1) is 11.3 Å². The van der Waals surface area contributed by atoms with Gasteiger partial charge in [0, 0.05) is 12.1 Å². The lowest BCUT2D eigenvalue weighted by Crippen LogP contribution is -2.34. The molecule has 1 heterocycles. The van der Waals surface area contributed by atoms with Crippen molar-refractivity contribution in [2.24, 2.45) is 0 Å². The van der Waals surface area contributed by atoms with E-state index in [0.29, 0.717) is 17.7 Å². The predicted molar refractivity (Wildman–Crippen MR) is 102 cm³/mol. The van der Waals surface area contributed by atoms with Gasteiger partial charge in [0.05, 0.1) is 11.6 Å². The Morgan fingerprint density at radius 3 is 2.52 bits per heavy atom. The third-order valence-electron chi connectivity index (χ3n) is 4.17. The third kappa shape index (κ3) is 5.23. The maximum atomic E-state index is 12.7. The highest BCUT2D eigenvalue weighted by Gasteiger charge is 2.27. The van der Waals surface area contributed by atoms with E-state index in [-0.39, 0.29) is 0 Å². The molecule has 2 atom stereocenters. The van der Waals surface area contributed by atoms with Crippen LogP contribution in [-0.2, 0) is 20.7 Å². The van der Waals surface area contributed by atoms with Gasteiger partial charge in [-0.2, -0.15) is 5.26 Å². The number of aromatic nitrogens is 4. The second kappa shape index (κ2) is 9.23. The summed E-state index contributed by atoms with van der Waals surface area (Å²) in [5.74, 6) is -1.11. The minimum atomic E-state index is -1.03. The Morgan fingerprint density at radius 1 is 1.17 bits per heavy atom. The zero-order valence-electron chi connectivity index (χ0n) is 15.6. The summed E-state index contributed by atoms with van der Waals surface area (Å²) in [5.41, 5.74) is 1.88. The molecular weight excluding hydrogens is 372 g/mol. The number of hydrogen-bond donors (Lipinski definition) is 1. The Hall–Kier alpha value is -4.06. The Labute approximate surface area is 166 Å². The fraction of sp³-hybridized carbons (Fsp3) is 0.200. The number of rotatable bonds is 7. The van der Waals surface area contributed by atoms with Gasteiger partial charge in [-0.3, -0.25) is 4.79 Å². The van der Waals surface area contributed by atoms with Gasteiger partial charge in [0.1, 0.15) is 6.33 Å². The fourth-order valence-corrected chi connectivity index (χ4v) is 2.61. The molecule has 2 aromatic carbocycles. The maximum absolute atomic E-state index is 12.7. The van der Waals surface area contributed by atoms with Gasteiger partial charge in [0.15, 0.2) is 12.1 Å². The van der Waals surface area contributed by atoms with E-state index in [1.165, 1.54) is 17.9 Å². The normalized spacial score (nSPS) is 12.4. The summed E-state index contributed by atoms with van der Waals surface area (Å²) in [6.07, 6.45) is 0.610. The topological polar surface area (TPSA) is 123 Å². The van der Waals surface area contributed by atoms with Gasteiger partial charge in [-0.1, -0.05) is 30.3 Å². The van der Waals surface area contributed by atoms with Crippen LogP contribution in [0.25, 0.3) is 0 Å². The SMILES string of the molecule is C[C@H](OC(=O)[C@H](Cc1ccccc1)n1cnnn1)C(=O)Nc1ccc(C#N)cc1. The average molecular weight is 390 g/mol. The second-order valence-corrected chi connectivity index (χ2v) is 6.25. The van der Waals surface area contributed by atoms with Crippen molar-refractivity contribution in [3.8, 4) is 6.07 Å². The largest absolute Gasteiger partial charge is 0.451 e. The van der Waals surface area contributed by atoms with Crippen molar-refractivity contribution in [3.63, 3.8) is 0 Å². The lowest BCUT2D eigenvalue weighted by Gasteiger charge is -2.19. The molecule has 1 aromatic heterocycles. The van der Waals surface area contributed by atoms with Crippen LogP contribution < -0.4 is 5.32 Å². The van der Waals surface area contributed by atoms with E-state index >= 15 is 0 Å². The maximum Gasteiger partial charge on any atom is 0.332 e. The van der Waals surface area contributed by atoms with Crippen LogP contribution in [0.1, 0.15) is 24.1 Å². The second-order valence-electron chi connectivity index (χ2n) is 6.25. The van der Waals surface area contributed by atoms with Crippen molar-refractivity contribution in [2.45, 2.75) is 25.5 Å². The summed E-state index contributed by atoms with van der Waals surface area (Å²) < 4.78 is 6.67. The number of nitrogens with one attached hydrogen (secondary N) is 1. The Morgan fingerprint density at radius 2 is 1.90 bits per heavy atom. The molecule has 0 bridgehead atoms. The summed E-state index contributed by atoms with van der Waals surface area (Å²) in [5, 5.41) is 22.4. The molecule has 0 fully saturated rings. The molecule has 0 aliphatic rings. The molecule has 0 unspecified atom stereocenters. The van der Waals surface area contributed by atoms with Crippen LogP contribution in [0.3, 0.4) is 0 Å². The Bertz CT molecular complexity index is 997. The number of carbonyl (C=O) groups is 2. The molecule has 1 amide bonds. The van der Waals surface area contributed by atoms with E-state index in [1.54, 1.807) is 24.3 Å². The lowest BCUT2D eigenvalue weighted by atomic mass is 10.1. The van der Waals surface area contributed by atoms with E-state index < -0.39 is 24.0 Å². The molecule has 0 saturated heterocycles. The van der Waals surface area contributed by atoms with E-state index in [1.807, 2.05) is 36.4 Å². The molecule has 3 rings (SSSR count). The van der Waals surface area contributed by atoms with Gasteiger partial charge in [-0.05, 0) is 47.2 Å². The van der Waals surface area contributed by atoms with Crippen LogP contribution in [0.5, 0.6) is 0 Å². The standard InChI is InChI=1S/C20H18N6O3/c1-14(19(27)23-17-9-7-16(12-21)8-10-17)29-20(28)18(26-13-22-24-25-26)11-15-5-3-2-4-6-15/h2-10,13-14,18H,11H2,1H3,(H,23,27)/t14-,18-/m0/s1. The molecule has 0 aliphatic heterocycles. The number of benzene rings is 2. The quantitative estimate of drug-likeness (QED) is 0.611. The number of carbonyl (C=O) groups excluding carboxylic acids is 2. The van der Waals surface area contributed by atoms with Gasteiger partial charge in [0.2, 0.25) is 0 Å². The van der Waals surface area contributed by atoms with Crippen molar-refractivity contribution < 1.29 is 14.3 Å². The number of esters is 1. The van der Waals surface area contributed by atoms with Gasteiger partial charge >= 0.3 is 5.97 Å². The van der Waals surface area contributed by atoms with E-state index in [0.717, 1.165) is 5.56 Å². The molecule has 3 aromatic rings. The lowest BCUT2D eigenvalue weighted by molar-refractivity contribution is -0.156. The van der Waals surface area contributed by atoms with E-state index in [2.05, 4.69) is 20.8 Å². The minimum Gasteiger partial charge on any atom is -0.451 e. The third-order valence-corrected chi connectivity index (χ3v) is 4.17. The van der Waals surface area contributed by atoms with Crippen LogP contribution in [-0.4, -0.2) is 38.2 Å². The van der Waals surface area contributed by atoms with Crippen molar-refractivity contribution in [3.05, 3.63) is 72.1 Å². The number of anilines is 1. The smallest absolute Gasteiger partial charge is 0.332 e. The molecule has 29 heavy (non-hydrogen) atoms. The van der Waals surface area contributed by atoms with Crippen LogP contribution in [0.2, 0.25) is 0 Å². The van der Waals surface area contributed by atoms with Crippen LogP contribution in [0.4, 0.5) is 5.69 Å². The number of tetrazole rings is 1. The molecule has 0 radical (unpaired) electrons. The van der Waals surface area contributed by atoms with E-state index in [9.17, 15) is 9.59 Å². The first-order valence-electron chi connectivity index (χ1n) is 8.84. The van der Waals surface area contributed by atoms with Gasteiger partial charge in [0.25, 0.3) is 5.91 Å². The minimum absolute atomic E-state index is 0.314. The Kier molecular flexibility index (Phi) is 6.27. The van der Waals surface area contributed by atoms with Crippen molar-refractivity contribution in [1.29, 1.82) is 5.26 Å². The molecular formula is C20H18N6O3. The van der Waals surface area contributed by atoms with Gasteiger partial charge < -0.3 is 10.1 Å². The first-order chi connectivity index (χ1) is 14.1. The first-order valence-corrected chi connectivity index (χ1v) is 8.84. The van der Waals surface area contributed by atoms with Crippen molar-refractivity contribution >= 4 is 17.6 Å². The number of nitriles is 1. The summed E-state index contributed by atoms with van der Waals surface area (Å²) in [6.45, 7) is 1.48. The molecule has 9 nitrogen and oxygen atoms in total. The zero-order chi connectivity index (χ0) is 20.6. The predicted octanol–water partition coefficient (Wildman–Crippen LogP) is 1.90. The van der Waals surface area contributed by atoms with Crippen molar-refractivity contribution in [2.75, 3.05) is 5.32 Å². The van der Waals surface area contributed by atoms with Gasteiger partial charge in [-0.15, -0.1) is 5.10 Å². The molecule has 1 N–H and O–H groups in total. The highest BCUT2D eigenvalue weighted by molar-refractivity contribution is 5.95. The van der Waals surface area contributed by atoms with Crippen molar-refractivity contribution in [1.82, 2.24) is 20.2 Å². The molecule has 0 spiro atoms. The fourth-order valence-electron chi connectivity index (χ4n) is 2.61. The first kappa shape index (κ1) is 19.7. The molecule has 0 saturated carbocycles. The number of nitrogens with zero attached hydrogens (tertiary/aromatic N) is 5. The summed E-state index contributed by atoms with van der Waals surface area (Å²) in [4.78, 5) is 25.1. The molecule has 9 heteroatoms. The summed E-state index contributed by atoms with van der Waals surface area (Å²) >= 11 is 0. The molecule has 146 valence electrons. The van der Waals surface area contributed by atoms with Crippen LogP contribution >= 0.6 is 0 Å². The highest BCUT2D eigenvalue weighted by atomic mass is 16.5. The number of amides is 1. The zero-order valence-corrected chi connectivity index (χ0v) is 15.6. The monoisotopic (exact) mass is 390 g/mol. The summed E-state index contributed by atoms with van der Waals surface area (Å²) in [6, 6.07) is 16.9. The summed E-state index contributed by atoms with van der Waals surface area (Å²) in [7, 11) is 0. The van der Waals surface area contributed by atoms with Crippen LogP contribution in [0.15, 0.2) is 60.9 Å². The number of hydrogen-bond acceptors (Lipinski definition) is 7. The highest BCUT2D eigenvalue weighted by Crippen LogP contribution is 2.16. The van der Waals surface area contributed by atoms with Gasteiger partial charge in [-0.25, -0.2) is 9.48 Å².